The minimum Gasteiger partial charge on any atom is -0.497 e. The first-order valence-corrected chi connectivity index (χ1v) is 9.99. The van der Waals surface area contributed by atoms with Crippen molar-refractivity contribution in [2.24, 2.45) is 5.92 Å². The highest BCUT2D eigenvalue weighted by Gasteiger charge is 2.48. The lowest BCUT2D eigenvalue weighted by Crippen LogP contribution is -2.43. The summed E-state index contributed by atoms with van der Waals surface area (Å²) in [5, 5.41) is 0. The van der Waals surface area contributed by atoms with Crippen molar-refractivity contribution in [2.75, 3.05) is 25.1 Å². The van der Waals surface area contributed by atoms with E-state index in [1.807, 2.05) is 0 Å². The molecule has 2 aromatic rings. The van der Waals surface area contributed by atoms with Gasteiger partial charge in [0.05, 0.1) is 7.11 Å². The summed E-state index contributed by atoms with van der Waals surface area (Å²) < 4.78 is 5.57. The number of likely N-dealkylation sites (tertiary alicyclic amines) is 1. The minimum absolute atomic E-state index is 0.528. The van der Waals surface area contributed by atoms with E-state index in [9.17, 15) is 0 Å². The molecule has 0 unspecified atom stereocenters. The van der Waals surface area contributed by atoms with E-state index in [2.05, 4.69) is 59.2 Å². The van der Waals surface area contributed by atoms with Crippen LogP contribution in [0, 0.1) is 12.8 Å². The standard InChI is InChI=1S/C23H28N2O/c1-16-5-7-17(8-6-16)15-24-13-11-19-21-4-3-12-25(21)22-10-9-18(26-2)14-20(22)23(19)24/h5-10,14,19,21,23H,3-4,11-13,15H2,1-2H3/t19-,21-,23-/m0/s1. The minimum atomic E-state index is 0.528. The molecular formula is C23H28N2O. The largest absolute Gasteiger partial charge is 0.497 e. The summed E-state index contributed by atoms with van der Waals surface area (Å²) in [6, 6.07) is 17.0. The Balaban J connectivity index is 1.52. The van der Waals surface area contributed by atoms with Gasteiger partial charge in [0.15, 0.2) is 0 Å². The van der Waals surface area contributed by atoms with Gasteiger partial charge in [-0.1, -0.05) is 29.8 Å². The maximum absolute atomic E-state index is 5.57. The highest BCUT2D eigenvalue weighted by Crippen LogP contribution is 2.52. The first kappa shape index (κ1) is 16.2. The summed E-state index contributed by atoms with van der Waals surface area (Å²) in [6.45, 7) is 5.62. The van der Waals surface area contributed by atoms with Crippen LogP contribution in [0.1, 0.15) is 42.0 Å². The Morgan fingerprint density at radius 2 is 1.88 bits per heavy atom. The molecule has 3 aliphatic rings. The van der Waals surface area contributed by atoms with Gasteiger partial charge in [0, 0.05) is 36.8 Å². The Kier molecular flexibility index (Phi) is 3.93. The summed E-state index contributed by atoms with van der Waals surface area (Å²) >= 11 is 0. The number of methoxy groups -OCH3 is 1. The molecule has 2 fully saturated rings. The number of rotatable bonds is 3. The fourth-order valence-corrected chi connectivity index (χ4v) is 5.51. The molecule has 0 aliphatic carbocycles. The van der Waals surface area contributed by atoms with Gasteiger partial charge in [-0.2, -0.15) is 0 Å². The third kappa shape index (κ3) is 2.52. The van der Waals surface area contributed by atoms with Crippen LogP contribution in [0.25, 0.3) is 0 Å². The third-order valence-corrected chi connectivity index (χ3v) is 6.71. The van der Waals surface area contributed by atoms with Gasteiger partial charge in [-0.05, 0) is 62.1 Å². The Hall–Kier alpha value is -2.00. The van der Waals surface area contributed by atoms with E-state index in [-0.39, 0.29) is 0 Å². The molecule has 3 aliphatic heterocycles. The van der Waals surface area contributed by atoms with Gasteiger partial charge < -0.3 is 9.64 Å². The first-order valence-electron chi connectivity index (χ1n) is 9.99. The van der Waals surface area contributed by atoms with Crippen molar-refractivity contribution in [3.8, 4) is 5.75 Å². The monoisotopic (exact) mass is 348 g/mol. The van der Waals surface area contributed by atoms with Crippen LogP contribution in [0.2, 0.25) is 0 Å². The molecule has 26 heavy (non-hydrogen) atoms. The zero-order valence-electron chi connectivity index (χ0n) is 15.8. The summed E-state index contributed by atoms with van der Waals surface area (Å²) in [5.74, 6) is 1.74. The molecule has 2 aromatic carbocycles. The molecule has 0 bridgehead atoms. The van der Waals surface area contributed by atoms with Gasteiger partial charge in [0.25, 0.3) is 0 Å². The van der Waals surface area contributed by atoms with Crippen molar-refractivity contribution in [1.82, 2.24) is 4.90 Å². The van der Waals surface area contributed by atoms with Gasteiger partial charge in [-0.15, -0.1) is 0 Å². The number of hydrogen-bond acceptors (Lipinski definition) is 3. The van der Waals surface area contributed by atoms with Gasteiger partial charge in [0.2, 0.25) is 0 Å². The number of aryl methyl sites for hydroxylation is 1. The molecule has 0 spiro atoms. The topological polar surface area (TPSA) is 15.7 Å². The second-order valence-corrected chi connectivity index (χ2v) is 8.18. The van der Waals surface area contributed by atoms with Crippen LogP contribution < -0.4 is 9.64 Å². The number of benzene rings is 2. The van der Waals surface area contributed by atoms with Crippen molar-refractivity contribution in [1.29, 1.82) is 0 Å². The molecule has 0 N–H and O–H groups in total. The molecule has 3 nitrogen and oxygen atoms in total. The van der Waals surface area contributed by atoms with E-state index >= 15 is 0 Å². The van der Waals surface area contributed by atoms with Crippen LogP contribution in [0.3, 0.4) is 0 Å². The van der Waals surface area contributed by atoms with Gasteiger partial charge in [0.1, 0.15) is 5.75 Å². The Bertz CT molecular complexity index is 800. The lowest BCUT2D eigenvalue weighted by molar-refractivity contribution is 0.199. The molecule has 0 radical (unpaired) electrons. The lowest BCUT2D eigenvalue weighted by Gasteiger charge is -2.43. The van der Waals surface area contributed by atoms with Crippen molar-refractivity contribution < 1.29 is 4.74 Å². The molecule has 0 amide bonds. The van der Waals surface area contributed by atoms with E-state index in [0.717, 1.165) is 24.3 Å². The highest BCUT2D eigenvalue weighted by atomic mass is 16.5. The zero-order valence-corrected chi connectivity index (χ0v) is 15.8. The molecule has 2 saturated heterocycles. The SMILES string of the molecule is COc1ccc2c(c1)[C@@H]1[C@@H](CCN1Cc1ccc(C)cc1)[C@@H]1CCCN21. The maximum Gasteiger partial charge on any atom is 0.119 e. The Morgan fingerprint density at radius 1 is 1.04 bits per heavy atom. The van der Waals surface area contributed by atoms with Gasteiger partial charge in [-0.25, -0.2) is 0 Å². The maximum atomic E-state index is 5.57. The van der Waals surface area contributed by atoms with E-state index in [1.165, 1.54) is 54.7 Å². The molecule has 3 atom stereocenters. The van der Waals surface area contributed by atoms with Gasteiger partial charge in [-0.3, -0.25) is 4.90 Å². The number of anilines is 1. The second-order valence-electron chi connectivity index (χ2n) is 8.18. The van der Waals surface area contributed by atoms with Crippen LogP contribution in [0.5, 0.6) is 5.75 Å². The van der Waals surface area contributed by atoms with Crippen LogP contribution in [-0.4, -0.2) is 31.1 Å². The predicted octanol–water partition coefficient (Wildman–Crippen LogP) is 4.55. The van der Waals surface area contributed by atoms with Crippen LogP contribution in [-0.2, 0) is 6.54 Å². The third-order valence-electron chi connectivity index (χ3n) is 6.71. The fraction of sp³-hybridized carbons (Fsp3) is 0.478. The number of nitrogens with zero attached hydrogens (tertiary/aromatic N) is 2. The zero-order chi connectivity index (χ0) is 17.7. The van der Waals surface area contributed by atoms with Crippen LogP contribution in [0.15, 0.2) is 42.5 Å². The smallest absolute Gasteiger partial charge is 0.119 e. The van der Waals surface area contributed by atoms with E-state index < -0.39 is 0 Å². The summed E-state index contributed by atoms with van der Waals surface area (Å²) in [6.07, 6.45) is 4.00. The van der Waals surface area contributed by atoms with Crippen molar-refractivity contribution in [3.63, 3.8) is 0 Å². The van der Waals surface area contributed by atoms with E-state index in [1.54, 1.807) is 7.11 Å². The predicted molar refractivity (Wildman–Crippen MR) is 106 cm³/mol. The molecule has 3 heterocycles. The fourth-order valence-electron chi connectivity index (χ4n) is 5.51. The van der Waals surface area contributed by atoms with Gasteiger partial charge >= 0.3 is 0 Å². The van der Waals surface area contributed by atoms with Crippen LogP contribution in [0.4, 0.5) is 5.69 Å². The second kappa shape index (κ2) is 6.31. The molecular weight excluding hydrogens is 320 g/mol. The van der Waals surface area contributed by atoms with E-state index in [0.29, 0.717) is 6.04 Å². The first-order chi connectivity index (χ1) is 12.7. The number of ether oxygens (including phenoxy) is 1. The van der Waals surface area contributed by atoms with Crippen LogP contribution >= 0.6 is 0 Å². The number of hydrogen-bond donors (Lipinski definition) is 0. The van der Waals surface area contributed by atoms with Crippen molar-refractivity contribution in [2.45, 2.75) is 44.8 Å². The Labute approximate surface area is 156 Å². The molecule has 5 rings (SSSR count). The molecule has 136 valence electrons. The normalized spacial score (nSPS) is 27.2. The molecule has 0 saturated carbocycles. The summed E-state index contributed by atoms with van der Waals surface area (Å²) in [7, 11) is 1.78. The molecule has 3 heteroatoms. The van der Waals surface area contributed by atoms with Crippen molar-refractivity contribution >= 4 is 5.69 Å². The summed E-state index contributed by atoms with van der Waals surface area (Å²) in [4.78, 5) is 5.40. The van der Waals surface area contributed by atoms with E-state index in [4.69, 9.17) is 4.74 Å². The molecule has 0 aromatic heterocycles. The Morgan fingerprint density at radius 3 is 2.69 bits per heavy atom. The average Bonchev–Trinajstić information content (AvgIpc) is 3.30. The quantitative estimate of drug-likeness (QED) is 0.809. The summed E-state index contributed by atoms with van der Waals surface area (Å²) in [5.41, 5.74) is 5.69. The highest BCUT2D eigenvalue weighted by molar-refractivity contribution is 5.62. The lowest BCUT2D eigenvalue weighted by atomic mass is 9.81. The number of fused-ring (bicyclic) bond motifs is 6. The van der Waals surface area contributed by atoms with Crippen molar-refractivity contribution in [3.05, 3.63) is 59.2 Å². The average molecular weight is 348 g/mol.